The second-order valence-electron chi connectivity index (χ2n) is 18.8. The van der Waals surface area contributed by atoms with Crippen LogP contribution in [0.3, 0.4) is 0 Å². The SMILES string of the molecule is CCCCCC/C=C\C/C=C\CCCCCCCCCC(=O)OCC(COC(=O)CCCCCCCCCCCCC)OC(=O)CCCCCCCCC/C=C\CCCCCCCC. The van der Waals surface area contributed by atoms with Crippen LogP contribution in [0.25, 0.3) is 0 Å². The quantitative estimate of drug-likeness (QED) is 0.0262. The van der Waals surface area contributed by atoms with Gasteiger partial charge in [-0.05, 0) is 77.0 Å². The van der Waals surface area contributed by atoms with E-state index in [0.29, 0.717) is 19.3 Å². The van der Waals surface area contributed by atoms with Crippen LogP contribution in [-0.2, 0) is 28.6 Å². The molecule has 0 aliphatic rings. The summed E-state index contributed by atoms with van der Waals surface area (Å²) in [5.74, 6) is -0.872. The van der Waals surface area contributed by atoms with Gasteiger partial charge in [0, 0.05) is 19.3 Å². The maximum Gasteiger partial charge on any atom is 0.306 e. The van der Waals surface area contributed by atoms with Crippen molar-refractivity contribution >= 4 is 17.9 Å². The number of hydrogen-bond acceptors (Lipinski definition) is 6. The molecule has 1 unspecified atom stereocenters. The molecule has 0 fully saturated rings. The van der Waals surface area contributed by atoms with Gasteiger partial charge in [0.2, 0.25) is 0 Å². The van der Waals surface area contributed by atoms with Gasteiger partial charge < -0.3 is 14.2 Å². The van der Waals surface area contributed by atoms with E-state index in [2.05, 4.69) is 57.2 Å². The zero-order chi connectivity index (χ0) is 46.5. The van der Waals surface area contributed by atoms with Gasteiger partial charge in [-0.2, -0.15) is 0 Å². The Hall–Kier alpha value is -2.37. The van der Waals surface area contributed by atoms with Gasteiger partial charge in [-0.1, -0.05) is 237 Å². The van der Waals surface area contributed by atoms with Crippen LogP contribution in [0, 0.1) is 0 Å². The fourth-order valence-corrected chi connectivity index (χ4v) is 8.12. The minimum Gasteiger partial charge on any atom is -0.462 e. The second-order valence-corrected chi connectivity index (χ2v) is 18.8. The van der Waals surface area contributed by atoms with Gasteiger partial charge in [0.15, 0.2) is 6.10 Å². The van der Waals surface area contributed by atoms with E-state index in [1.165, 1.54) is 186 Å². The highest BCUT2D eigenvalue weighted by Crippen LogP contribution is 2.16. The van der Waals surface area contributed by atoms with Crippen LogP contribution in [0.5, 0.6) is 0 Å². The molecule has 0 saturated heterocycles. The summed E-state index contributed by atoms with van der Waals surface area (Å²) in [6.07, 6.45) is 62.7. The van der Waals surface area contributed by atoms with E-state index in [4.69, 9.17) is 14.2 Å². The summed E-state index contributed by atoms with van der Waals surface area (Å²) in [4.78, 5) is 38.0. The van der Waals surface area contributed by atoms with E-state index in [9.17, 15) is 14.4 Å². The lowest BCUT2D eigenvalue weighted by Gasteiger charge is -2.18. The van der Waals surface area contributed by atoms with Gasteiger partial charge in [-0.15, -0.1) is 0 Å². The Kier molecular flexibility index (Phi) is 51.3. The lowest BCUT2D eigenvalue weighted by atomic mass is 10.1. The number of unbranched alkanes of at least 4 members (excludes halogenated alkanes) is 34. The Balaban J connectivity index is 4.33. The van der Waals surface area contributed by atoms with E-state index in [0.717, 1.165) is 70.6 Å². The van der Waals surface area contributed by atoms with Gasteiger partial charge in [-0.3, -0.25) is 14.4 Å². The zero-order valence-electron chi connectivity index (χ0n) is 42.8. The molecule has 6 heteroatoms. The van der Waals surface area contributed by atoms with Crippen molar-refractivity contribution in [2.75, 3.05) is 13.2 Å². The Morgan fingerprint density at radius 2 is 0.562 bits per heavy atom. The molecule has 0 aromatic carbocycles. The van der Waals surface area contributed by atoms with Gasteiger partial charge >= 0.3 is 17.9 Å². The third-order valence-corrected chi connectivity index (χ3v) is 12.4. The Morgan fingerprint density at radius 3 is 0.891 bits per heavy atom. The molecule has 0 aliphatic carbocycles. The number of esters is 3. The van der Waals surface area contributed by atoms with E-state index in [1.807, 2.05) is 0 Å². The topological polar surface area (TPSA) is 78.9 Å². The van der Waals surface area contributed by atoms with Gasteiger partial charge in [0.05, 0.1) is 0 Å². The first-order valence-corrected chi connectivity index (χ1v) is 28.0. The molecule has 0 rings (SSSR count). The predicted octanol–water partition coefficient (Wildman–Crippen LogP) is 18.5. The summed E-state index contributed by atoms with van der Waals surface area (Å²) in [7, 11) is 0. The largest absolute Gasteiger partial charge is 0.462 e. The Labute approximate surface area is 397 Å². The monoisotopic (exact) mass is 899 g/mol. The number of carbonyl (C=O) groups is 3. The molecule has 1 atom stereocenters. The molecule has 0 saturated carbocycles. The lowest BCUT2D eigenvalue weighted by Crippen LogP contribution is -2.30. The molecule has 0 aromatic heterocycles. The summed E-state index contributed by atoms with van der Waals surface area (Å²) in [5, 5.41) is 0. The standard InChI is InChI=1S/C58H106O6/c1-4-7-10-13-16-19-22-24-26-28-30-31-33-36-39-42-45-48-51-57(60)63-54-55(53-62-56(59)50-47-44-41-38-35-21-18-15-12-9-6-3)64-58(61)52-49-46-43-40-37-34-32-29-27-25-23-20-17-14-11-8-5-2/h19,22,25-28,55H,4-18,20-21,23-24,29-54H2,1-3H3/b22-19-,27-25-,28-26-. The molecule has 0 aliphatic heterocycles. The van der Waals surface area contributed by atoms with E-state index in [1.54, 1.807) is 0 Å². The molecule has 0 heterocycles. The van der Waals surface area contributed by atoms with Crippen LogP contribution in [-0.4, -0.2) is 37.2 Å². The van der Waals surface area contributed by atoms with Crippen molar-refractivity contribution in [1.29, 1.82) is 0 Å². The molecule has 64 heavy (non-hydrogen) atoms. The van der Waals surface area contributed by atoms with E-state index in [-0.39, 0.29) is 31.1 Å². The van der Waals surface area contributed by atoms with Crippen molar-refractivity contribution < 1.29 is 28.6 Å². The summed E-state index contributed by atoms with van der Waals surface area (Å²) in [6.45, 7) is 6.63. The van der Waals surface area contributed by atoms with E-state index >= 15 is 0 Å². The first-order chi connectivity index (χ1) is 31.5. The second kappa shape index (κ2) is 53.2. The molecule has 0 bridgehead atoms. The molecular weight excluding hydrogens is 793 g/mol. The summed E-state index contributed by atoms with van der Waals surface area (Å²) >= 11 is 0. The van der Waals surface area contributed by atoms with Crippen LogP contribution in [0.2, 0.25) is 0 Å². The first kappa shape index (κ1) is 61.6. The summed E-state index contributed by atoms with van der Waals surface area (Å²) in [6, 6.07) is 0. The molecule has 0 aromatic rings. The highest BCUT2D eigenvalue weighted by Gasteiger charge is 2.19. The maximum absolute atomic E-state index is 12.8. The average Bonchev–Trinajstić information content (AvgIpc) is 3.29. The maximum atomic E-state index is 12.8. The van der Waals surface area contributed by atoms with Crippen LogP contribution in [0.4, 0.5) is 0 Å². The highest BCUT2D eigenvalue weighted by atomic mass is 16.6. The smallest absolute Gasteiger partial charge is 0.306 e. The molecule has 0 amide bonds. The molecule has 6 nitrogen and oxygen atoms in total. The molecule has 0 N–H and O–H groups in total. The van der Waals surface area contributed by atoms with Gasteiger partial charge in [0.25, 0.3) is 0 Å². The van der Waals surface area contributed by atoms with Crippen LogP contribution in [0.1, 0.15) is 297 Å². The Morgan fingerprint density at radius 1 is 0.312 bits per heavy atom. The molecule has 0 radical (unpaired) electrons. The van der Waals surface area contributed by atoms with Gasteiger partial charge in [0.1, 0.15) is 13.2 Å². The van der Waals surface area contributed by atoms with Crippen molar-refractivity contribution in [3.8, 4) is 0 Å². The zero-order valence-corrected chi connectivity index (χ0v) is 42.8. The Bertz CT molecular complexity index is 1080. The fraction of sp³-hybridized carbons (Fsp3) is 0.845. The predicted molar refractivity (Wildman–Crippen MR) is 275 cm³/mol. The third kappa shape index (κ3) is 50.6. The van der Waals surface area contributed by atoms with Crippen molar-refractivity contribution in [2.24, 2.45) is 0 Å². The number of rotatable bonds is 51. The molecular formula is C58H106O6. The van der Waals surface area contributed by atoms with Crippen LogP contribution < -0.4 is 0 Å². The highest BCUT2D eigenvalue weighted by molar-refractivity contribution is 5.71. The number of ether oxygens (including phenoxy) is 3. The fourth-order valence-electron chi connectivity index (χ4n) is 8.12. The lowest BCUT2D eigenvalue weighted by molar-refractivity contribution is -0.167. The summed E-state index contributed by atoms with van der Waals surface area (Å²) in [5.41, 5.74) is 0. The van der Waals surface area contributed by atoms with Crippen molar-refractivity contribution in [1.82, 2.24) is 0 Å². The third-order valence-electron chi connectivity index (χ3n) is 12.4. The van der Waals surface area contributed by atoms with Crippen LogP contribution in [0.15, 0.2) is 36.5 Å². The molecule has 0 spiro atoms. The number of allylic oxidation sites excluding steroid dienone is 6. The normalized spacial score (nSPS) is 12.2. The van der Waals surface area contributed by atoms with Crippen LogP contribution >= 0.6 is 0 Å². The number of hydrogen-bond donors (Lipinski definition) is 0. The molecule has 374 valence electrons. The van der Waals surface area contributed by atoms with E-state index < -0.39 is 6.10 Å². The summed E-state index contributed by atoms with van der Waals surface area (Å²) < 4.78 is 16.8. The average molecular weight is 899 g/mol. The van der Waals surface area contributed by atoms with Crippen molar-refractivity contribution in [3.63, 3.8) is 0 Å². The van der Waals surface area contributed by atoms with Crippen molar-refractivity contribution in [3.05, 3.63) is 36.5 Å². The number of carbonyl (C=O) groups excluding carboxylic acids is 3. The first-order valence-electron chi connectivity index (χ1n) is 28.0. The minimum absolute atomic E-state index is 0.0733. The minimum atomic E-state index is -0.774. The van der Waals surface area contributed by atoms with Crippen molar-refractivity contribution in [2.45, 2.75) is 303 Å². The van der Waals surface area contributed by atoms with Gasteiger partial charge in [-0.25, -0.2) is 0 Å².